The van der Waals surface area contributed by atoms with E-state index in [0.717, 1.165) is 38.7 Å². The van der Waals surface area contributed by atoms with E-state index < -0.39 is 5.54 Å². The molecule has 0 bridgehead atoms. The second kappa shape index (κ2) is 7.10. The highest BCUT2D eigenvalue weighted by Crippen LogP contribution is 2.31. The maximum atomic E-state index is 12.0. The number of rotatable bonds is 6. The minimum atomic E-state index is -0.505. The fraction of sp³-hybridized carbons (Fsp3) is 0.929. The van der Waals surface area contributed by atoms with Crippen molar-refractivity contribution in [3.63, 3.8) is 0 Å². The van der Waals surface area contributed by atoms with Crippen LogP contribution in [0.15, 0.2) is 0 Å². The van der Waals surface area contributed by atoms with Gasteiger partial charge in [-0.15, -0.1) is 0 Å². The van der Waals surface area contributed by atoms with Crippen molar-refractivity contribution < 1.29 is 14.3 Å². The van der Waals surface area contributed by atoms with Gasteiger partial charge < -0.3 is 9.47 Å². The Morgan fingerprint density at radius 2 is 2.00 bits per heavy atom. The molecule has 1 fully saturated rings. The number of hydrogen-bond donors (Lipinski definition) is 1. The van der Waals surface area contributed by atoms with Crippen LogP contribution < -0.4 is 5.32 Å². The maximum Gasteiger partial charge on any atom is 0.326 e. The summed E-state index contributed by atoms with van der Waals surface area (Å²) in [4.78, 5) is 12.0. The number of ether oxygens (including phenoxy) is 2. The highest BCUT2D eigenvalue weighted by atomic mass is 16.5. The Morgan fingerprint density at radius 3 is 2.44 bits per heavy atom. The van der Waals surface area contributed by atoms with Crippen LogP contribution in [-0.4, -0.2) is 37.4 Å². The smallest absolute Gasteiger partial charge is 0.326 e. The molecular weight excluding hydrogens is 230 g/mol. The first-order valence-corrected chi connectivity index (χ1v) is 7.01. The molecule has 0 unspecified atom stereocenters. The standard InChI is InChI=1S/C14H27NO3/c1-5-10-18-12-6-8-14(9-7-12,13(16)17-4)15-11(2)3/h11-12,15H,5-10H2,1-4H3. The van der Waals surface area contributed by atoms with Crippen molar-refractivity contribution >= 4 is 5.97 Å². The molecule has 0 aliphatic heterocycles. The molecule has 0 heterocycles. The van der Waals surface area contributed by atoms with Gasteiger partial charge in [-0.2, -0.15) is 0 Å². The molecule has 106 valence electrons. The van der Waals surface area contributed by atoms with Gasteiger partial charge >= 0.3 is 5.97 Å². The number of esters is 1. The predicted octanol–water partition coefficient (Wildman–Crippen LogP) is 2.27. The van der Waals surface area contributed by atoms with E-state index in [1.165, 1.54) is 7.11 Å². The molecule has 1 N–H and O–H groups in total. The number of hydrogen-bond acceptors (Lipinski definition) is 4. The third-order valence-corrected chi connectivity index (χ3v) is 3.48. The molecule has 0 aromatic carbocycles. The molecule has 4 nitrogen and oxygen atoms in total. The van der Waals surface area contributed by atoms with Crippen LogP contribution >= 0.6 is 0 Å². The van der Waals surface area contributed by atoms with Crippen LogP contribution in [0, 0.1) is 0 Å². The van der Waals surface area contributed by atoms with E-state index in [1.54, 1.807) is 0 Å². The lowest BCUT2D eigenvalue weighted by Crippen LogP contribution is -2.57. The van der Waals surface area contributed by atoms with Crippen LogP contribution in [0.2, 0.25) is 0 Å². The normalized spacial score (nSPS) is 28.4. The van der Waals surface area contributed by atoms with Crippen molar-refractivity contribution in [1.29, 1.82) is 0 Å². The van der Waals surface area contributed by atoms with Crippen molar-refractivity contribution in [1.82, 2.24) is 5.32 Å². The van der Waals surface area contributed by atoms with E-state index in [9.17, 15) is 4.79 Å². The Labute approximate surface area is 110 Å². The summed E-state index contributed by atoms with van der Waals surface area (Å²) in [5, 5.41) is 3.39. The molecule has 0 aromatic heterocycles. The summed E-state index contributed by atoms with van der Waals surface area (Å²) in [5.74, 6) is -0.134. The zero-order chi connectivity index (χ0) is 13.6. The lowest BCUT2D eigenvalue weighted by Gasteiger charge is -2.39. The Morgan fingerprint density at radius 1 is 1.39 bits per heavy atom. The van der Waals surface area contributed by atoms with E-state index in [2.05, 4.69) is 26.1 Å². The average Bonchev–Trinajstić information content (AvgIpc) is 2.36. The van der Waals surface area contributed by atoms with Crippen molar-refractivity contribution in [2.24, 2.45) is 0 Å². The van der Waals surface area contributed by atoms with Crippen molar-refractivity contribution in [3.05, 3.63) is 0 Å². The Kier molecular flexibility index (Phi) is 6.09. The first kappa shape index (κ1) is 15.4. The van der Waals surface area contributed by atoms with Crippen molar-refractivity contribution in [2.75, 3.05) is 13.7 Å². The van der Waals surface area contributed by atoms with E-state index in [4.69, 9.17) is 9.47 Å². The fourth-order valence-electron chi connectivity index (χ4n) is 2.69. The maximum absolute atomic E-state index is 12.0. The van der Waals surface area contributed by atoms with Gasteiger partial charge in [0.25, 0.3) is 0 Å². The molecule has 0 radical (unpaired) electrons. The van der Waals surface area contributed by atoms with Crippen molar-refractivity contribution in [3.8, 4) is 0 Å². The largest absolute Gasteiger partial charge is 0.468 e. The summed E-state index contributed by atoms with van der Waals surface area (Å²) in [6, 6.07) is 0.275. The summed E-state index contributed by atoms with van der Waals surface area (Å²) in [6.07, 6.45) is 4.79. The van der Waals surface area contributed by atoms with Crippen LogP contribution in [0.5, 0.6) is 0 Å². The van der Waals surface area contributed by atoms with Crippen LogP contribution in [-0.2, 0) is 14.3 Å². The second-order valence-corrected chi connectivity index (χ2v) is 5.44. The SMILES string of the molecule is CCCOC1CCC(NC(C)C)(C(=O)OC)CC1. The van der Waals surface area contributed by atoms with Crippen LogP contribution in [0.4, 0.5) is 0 Å². The van der Waals surface area contributed by atoms with Gasteiger partial charge in [0, 0.05) is 12.6 Å². The molecule has 1 rings (SSSR count). The highest BCUT2D eigenvalue weighted by molar-refractivity contribution is 5.81. The lowest BCUT2D eigenvalue weighted by atomic mass is 9.79. The lowest BCUT2D eigenvalue weighted by molar-refractivity contribution is -0.152. The van der Waals surface area contributed by atoms with Gasteiger partial charge in [0.1, 0.15) is 5.54 Å². The van der Waals surface area contributed by atoms with Gasteiger partial charge in [-0.3, -0.25) is 10.1 Å². The molecule has 0 amide bonds. The van der Waals surface area contributed by atoms with Gasteiger partial charge in [-0.25, -0.2) is 0 Å². The van der Waals surface area contributed by atoms with Gasteiger partial charge in [0.2, 0.25) is 0 Å². The topological polar surface area (TPSA) is 47.6 Å². The molecule has 0 saturated heterocycles. The molecule has 1 saturated carbocycles. The first-order valence-electron chi connectivity index (χ1n) is 7.01. The zero-order valence-corrected chi connectivity index (χ0v) is 12.1. The molecule has 0 spiro atoms. The third kappa shape index (κ3) is 3.95. The molecule has 1 aliphatic rings. The van der Waals surface area contributed by atoms with E-state index in [-0.39, 0.29) is 12.0 Å². The summed E-state index contributed by atoms with van der Waals surface area (Å²) in [7, 11) is 1.46. The van der Waals surface area contributed by atoms with E-state index >= 15 is 0 Å². The Hall–Kier alpha value is -0.610. The van der Waals surface area contributed by atoms with E-state index in [0.29, 0.717) is 6.10 Å². The number of carbonyl (C=O) groups is 1. The van der Waals surface area contributed by atoms with Crippen molar-refractivity contribution in [2.45, 2.75) is 70.6 Å². The average molecular weight is 257 g/mol. The first-order chi connectivity index (χ1) is 8.54. The van der Waals surface area contributed by atoms with Gasteiger partial charge in [0.05, 0.1) is 13.2 Å². The third-order valence-electron chi connectivity index (χ3n) is 3.48. The highest BCUT2D eigenvalue weighted by Gasteiger charge is 2.43. The van der Waals surface area contributed by atoms with Gasteiger partial charge in [-0.05, 0) is 46.0 Å². The summed E-state index contributed by atoms with van der Waals surface area (Å²) >= 11 is 0. The molecular formula is C14H27NO3. The zero-order valence-electron chi connectivity index (χ0n) is 12.1. The van der Waals surface area contributed by atoms with E-state index in [1.807, 2.05) is 0 Å². The molecule has 18 heavy (non-hydrogen) atoms. The van der Waals surface area contributed by atoms with Crippen LogP contribution in [0.1, 0.15) is 52.9 Å². The number of carbonyl (C=O) groups excluding carboxylic acids is 1. The van der Waals surface area contributed by atoms with Crippen LogP contribution in [0.3, 0.4) is 0 Å². The molecule has 0 aromatic rings. The second-order valence-electron chi connectivity index (χ2n) is 5.44. The molecule has 4 heteroatoms. The quantitative estimate of drug-likeness (QED) is 0.742. The number of methoxy groups -OCH3 is 1. The van der Waals surface area contributed by atoms with Gasteiger partial charge in [0.15, 0.2) is 0 Å². The molecule has 0 atom stereocenters. The fourth-order valence-corrected chi connectivity index (χ4v) is 2.69. The number of nitrogens with one attached hydrogen (secondary N) is 1. The summed E-state index contributed by atoms with van der Waals surface area (Å²) in [6.45, 7) is 7.05. The van der Waals surface area contributed by atoms with Gasteiger partial charge in [-0.1, -0.05) is 6.92 Å². The monoisotopic (exact) mass is 257 g/mol. The summed E-state index contributed by atoms with van der Waals surface area (Å²) in [5.41, 5.74) is -0.505. The predicted molar refractivity (Wildman–Crippen MR) is 71.5 cm³/mol. The Balaban J connectivity index is 2.58. The minimum Gasteiger partial charge on any atom is -0.468 e. The van der Waals surface area contributed by atoms with Crippen LogP contribution in [0.25, 0.3) is 0 Å². The summed E-state index contributed by atoms with van der Waals surface area (Å²) < 4.78 is 10.7. The minimum absolute atomic E-state index is 0.134. The molecule has 1 aliphatic carbocycles. The Bertz CT molecular complexity index is 258.